The number of aliphatic carboxylic acids is 1. The average Bonchev–Trinajstić information content (AvgIpc) is 3.18. The Morgan fingerprint density at radius 1 is 1.21 bits per heavy atom. The van der Waals surface area contributed by atoms with Crippen LogP contribution in [0.3, 0.4) is 0 Å². The fraction of sp³-hybridized carbons (Fsp3) is 0.464. The number of carboxylic acids is 1. The first kappa shape index (κ1) is 22.8. The molecule has 4 atom stereocenters. The maximum Gasteiger partial charge on any atom is 0.303 e. The molecule has 6 heteroatoms. The Bertz CT molecular complexity index is 1180. The summed E-state index contributed by atoms with van der Waals surface area (Å²) < 4.78 is 13.9. The van der Waals surface area contributed by atoms with Crippen molar-refractivity contribution in [2.45, 2.75) is 57.8 Å². The molecule has 1 fully saturated rings. The molecule has 0 saturated heterocycles. The van der Waals surface area contributed by atoms with Gasteiger partial charge in [0.2, 0.25) is 5.91 Å². The van der Waals surface area contributed by atoms with Gasteiger partial charge in [0.15, 0.2) is 0 Å². The highest BCUT2D eigenvalue weighted by atomic mass is 19.1. The lowest BCUT2D eigenvalue weighted by Crippen LogP contribution is -2.41. The third-order valence-corrected chi connectivity index (χ3v) is 8.62. The molecule has 34 heavy (non-hydrogen) atoms. The van der Waals surface area contributed by atoms with Crippen LogP contribution >= 0.6 is 0 Å². The van der Waals surface area contributed by atoms with Gasteiger partial charge in [-0.05, 0) is 95.7 Å². The van der Waals surface area contributed by atoms with E-state index in [1.54, 1.807) is 24.2 Å². The number of hydrogen-bond acceptors (Lipinski definition) is 3. The zero-order valence-corrected chi connectivity index (χ0v) is 19.8. The van der Waals surface area contributed by atoms with Gasteiger partial charge in [-0.3, -0.25) is 14.6 Å². The van der Waals surface area contributed by atoms with E-state index < -0.39 is 5.97 Å². The Hall–Kier alpha value is -3.02. The molecule has 0 aliphatic heterocycles. The Balaban J connectivity index is 1.36. The number of amides is 1. The van der Waals surface area contributed by atoms with Crippen LogP contribution in [0.15, 0.2) is 42.7 Å². The molecule has 5 rings (SSSR count). The number of carboxylic acid groups (broad SMARTS) is 1. The Morgan fingerprint density at radius 3 is 2.79 bits per heavy atom. The molecule has 3 aliphatic carbocycles. The molecule has 0 spiro atoms. The van der Waals surface area contributed by atoms with E-state index in [0.717, 1.165) is 43.4 Å². The molecular weight excluding hydrogens is 431 g/mol. The van der Waals surface area contributed by atoms with Crippen molar-refractivity contribution in [3.63, 3.8) is 0 Å². The molecule has 1 heterocycles. The maximum absolute atomic E-state index is 13.9. The molecule has 1 amide bonds. The Morgan fingerprint density at radius 2 is 2.03 bits per heavy atom. The lowest BCUT2D eigenvalue weighted by molar-refractivity contribution is -0.138. The van der Waals surface area contributed by atoms with E-state index in [4.69, 9.17) is 5.11 Å². The van der Waals surface area contributed by atoms with Crippen molar-refractivity contribution in [2.75, 3.05) is 11.9 Å². The molecule has 2 aromatic rings. The number of carbonyl (C=O) groups excluding carboxylic acids is 1. The molecule has 4 unspecified atom stereocenters. The number of benzene rings is 1. The van der Waals surface area contributed by atoms with Crippen LogP contribution < -0.4 is 4.90 Å². The monoisotopic (exact) mass is 462 g/mol. The van der Waals surface area contributed by atoms with Crippen molar-refractivity contribution in [2.24, 2.45) is 17.3 Å². The van der Waals surface area contributed by atoms with Crippen LogP contribution in [0.2, 0.25) is 0 Å². The summed E-state index contributed by atoms with van der Waals surface area (Å²) in [5, 5.41) is 8.86. The van der Waals surface area contributed by atoms with E-state index in [2.05, 4.69) is 30.1 Å². The molecule has 1 N–H and O–H groups in total. The molecule has 1 aromatic carbocycles. The molecule has 0 bridgehead atoms. The SMILES string of the molecule is CN(C(=O)CCC(=O)O)c1ccc2c(c1)CCC1C2CCC2(C)C(c3cncc(F)c3)=CCC12. The predicted molar refractivity (Wildman–Crippen MR) is 129 cm³/mol. The number of fused-ring (bicyclic) bond motifs is 5. The third-order valence-electron chi connectivity index (χ3n) is 8.62. The number of aromatic nitrogens is 1. The van der Waals surface area contributed by atoms with Crippen molar-refractivity contribution in [3.8, 4) is 0 Å². The van der Waals surface area contributed by atoms with Crippen LogP contribution in [0.1, 0.15) is 68.1 Å². The minimum absolute atomic E-state index is 0.00401. The normalized spacial score (nSPS) is 27.3. The van der Waals surface area contributed by atoms with Crippen LogP contribution in [0.25, 0.3) is 5.57 Å². The number of carbonyl (C=O) groups is 2. The fourth-order valence-electron chi connectivity index (χ4n) is 6.88. The minimum atomic E-state index is -0.958. The highest BCUT2D eigenvalue weighted by Gasteiger charge is 2.52. The van der Waals surface area contributed by atoms with Gasteiger partial charge in [-0.15, -0.1) is 0 Å². The van der Waals surface area contributed by atoms with Gasteiger partial charge in [-0.1, -0.05) is 19.1 Å². The highest BCUT2D eigenvalue weighted by Crippen LogP contribution is 2.63. The first-order chi connectivity index (χ1) is 16.3. The fourth-order valence-corrected chi connectivity index (χ4v) is 6.88. The van der Waals surface area contributed by atoms with Crippen molar-refractivity contribution < 1.29 is 19.1 Å². The van der Waals surface area contributed by atoms with E-state index in [1.165, 1.54) is 22.9 Å². The molecule has 178 valence electrons. The Labute approximate surface area is 199 Å². The van der Waals surface area contributed by atoms with Crippen LogP contribution in [-0.2, 0) is 16.0 Å². The second-order valence-electron chi connectivity index (χ2n) is 10.3. The van der Waals surface area contributed by atoms with E-state index >= 15 is 0 Å². The molecular formula is C28H31FN2O3. The zero-order valence-electron chi connectivity index (χ0n) is 19.8. The van der Waals surface area contributed by atoms with Gasteiger partial charge in [0.05, 0.1) is 12.6 Å². The minimum Gasteiger partial charge on any atom is -0.481 e. The first-order valence-electron chi connectivity index (χ1n) is 12.2. The predicted octanol–water partition coefficient (Wildman–Crippen LogP) is 5.60. The number of hydrogen-bond donors (Lipinski definition) is 1. The van der Waals surface area contributed by atoms with Gasteiger partial charge in [-0.25, -0.2) is 4.39 Å². The Kier molecular flexibility index (Phi) is 5.78. The molecule has 1 saturated carbocycles. The maximum atomic E-state index is 13.9. The van der Waals surface area contributed by atoms with Crippen molar-refractivity contribution in [3.05, 3.63) is 65.2 Å². The van der Waals surface area contributed by atoms with Crippen LogP contribution in [0, 0.1) is 23.1 Å². The molecule has 3 aliphatic rings. The van der Waals surface area contributed by atoms with Crippen molar-refractivity contribution >= 4 is 23.1 Å². The third kappa shape index (κ3) is 3.83. The summed E-state index contributed by atoms with van der Waals surface area (Å²) in [6.45, 7) is 2.36. The summed E-state index contributed by atoms with van der Waals surface area (Å²) in [5.41, 5.74) is 5.75. The van der Waals surface area contributed by atoms with Crippen LogP contribution in [0.5, 0.6) is 0 Å². The highest BCUT2D eigenvalue weighted by molar-refractivity contribution is 5.94. The van der Waals surface area contributed by atoms with Crippen LogP contribution in [0.4, 0.5) is 10.1 Å². The van der Waals surface area contributed by atoms with Crippen molar-refractivity contribution in [1.29, 1.82) is 0 Å². The quantitative estimate of drug-likeness (QED) is 0.628. The largest absolute Gasteiger partial charge is 0.481 e. The van der Waals surface area contributed by atoms with Crippen molar-refractivity contribution in [1.82, 2.24) is 4.98 Å². The lowest BCUT2D eigenvalue weighted by atomic mass is 9.54. The molecule has 0 radical (unpaired) electrons. The molecule has 5 nitrogen and oxygen atoms in total. The van der Waals surface area contributed by atoms with Crippen LogP contribution in [-0.4, -0.2) is 29.0 Å². The smallest absolute Gasteiger partial charge is 0.303 e. The second-order valence-corrected chi connectivity index (χ2v) is 10.3. The topological polar surface area (TPSA) is 70.5 Å². The van der Waals surface area contributed by atoms with Gasteiger partial charge in [0.25, 0.3) is 0 Å². The average molecular weight is 463 g/mol. The van der Waals surface area contributed by atoms with E-state index in [9.17, 15) is 14.0 Å². The summed E-state index contributed by atoms with van der Waals surface area (Å²) in [5.74, 6) is 0.205. The van der Waals surface area contributed by atoms with E-state index in [-0.39, 0.29) is 30.0 Å². The van der Waals surface area contributed by atoms with Gasteiger partial charge in [-0.2, -0.15) is 0 Å². The number of pyridine rings is 1. The van der Waals surface area contributed by atoms with E-state index in [1.807, 2.05) is 6.07 Å². The number of nitrogens with zero attached hydrogens (tertiary/aromatic N) is 2. The van der Waals surface area contributed by atoms with Gasteiger partial charge in [0, 0.05) is 25.4 Å². The van der Waals surface area contributed by atoms with Gasteiger partial charge < -0.3 is 10.0 Å². The van der Waals surface area contributed by atoms with Gasteiger partial charge in [0.1, 0.15) is 5.82 Å². The summed E-state index contributed by atoms with van der Waals surface area (Å²) in [7, 11) is 1.72. The standard InChI is InChI=1S/C28H31FN2O3/c1-28-12-11-22-21-6-4-20(31(2)26(32)9-10-27(33)34)14-17(21)3-5-23(22)25(28)8-7-24(28)18-13-19(29)16-30-15-18/h4,6-7,13-16,22-23,25H,3,5,8-12H2,1-2H3,(H,33,34). The zero-order chi connectivity index (χ0) is 24.0. The molecule has 1 aromatic heterocycles. The van der Waals surface area contributed by atoms with E-state index in [0.29, 0.717) is 17.8 Å². The van der Waals surface area contributed by atoms with Gasteiger partial charge >= 0.3 is 5.97 Å². The lowest BCUT2D eigenvalue weighted by Gasteiger charge is -2.50. The summed E-state index contributed by atoms with van der Waals surface area (Å²) in [6, 6.07) is 7.93. The second kappa shape index (κ2) is 8.64. The summed E-state index contributed by atoms with van der Waals surface area (Å²) in [4.78, 5) is 28.9. The number of allylic oxidation sites excluding steroid dienone is 2. The summed E-state index contributed by atoms with van der Waals surface area (Å²) >= 11 is 0. The summed E-state index contributed by atoms with van der Waals surface area (Å²) in [6.07, 6.45) is 10.5. The number of halogens is 1. The number of aryl methyl sites for hydroxylation is 1. The number of rotatable bonds is 5. The number of anilines is 1. The first-order valence-corrected chi connectivity index (χ1v) is 12.2.